The second kappa shape index (κ2) is 10.6. The van der Waals surface area contributed by atoms with Crippen molar-refractivity contribution in [2.45, 2.75) is 84.4 Å². The molecule has 1 rings (SSSR count). The van der Waals surface area contributed by atoms with Crippen LogP contribution in [-0.4, -0.2) is 32.2 Å². The van der Waals surface area contributed by atoms with Gasteiger partial charge in [-0.1, -0.05) is 70.2 Å². The molecule has 0 unspecified atom stereocenters. The molecule has 0 amide bonds. The summed E-state index contributed by atoms with van der Waals surface area (Å²) in [6.07, 6.45) is 0.872. The van der Waals surface area contributed by atoms with E-state index in [2.05, 4.69) is 66.4 Å². The van der Waals surface area contributed by atoms with E-state index in [-0.39, 0.29) is 17.1 Å². The molecule has 3 atom stereocenters. The van der Waals surface area contributed by atoms with Gasteiger partial charge in [-0.2, -0.15) is 0 Å². The van der Waals surface area contributed by atoms with Crippen LogP contribution in [0.3, 0.4) is 0 Å². The standard InChI is InChI=1S/C23H40O3Si/c1-18(19(2)16-25-17-21-12-10-9-11-13-21)14-22(24)15-20(3)26-27(7,8)23(4,5)6/h9-13,19-20,22,24H,1,14-17H2,2-8H3/t19-,20-,22+/m0/s1. The lowest BCUT2D eigenvalue weighted by atomic mass is 9.96. The highest BCUT2D eigenvalue weighted by Crippen LogP contribution is 2.37. The van der Waals surface area contributed by atoms with Crippen molar-refractivity contribution in [2.24, 2.45) is 5.92 Å². The topological polar surface area (TPSA) is 38.7 Å². The van der Waals surface area contributed by atoms with Gasteiger partial charge >= 0.3 is 0 Å². The van der Waals surface area contributed by atoms with Crippen LogP contribution >= 0.6 is 0 Å². The second-order valence-electron chi connectivity index (χ2n) is 9.34. The molecule has 1 N–H and O–H groups in total. The van der Waals surface area contributed by atoms with E-state index < -0.39 is 14.4 Å². The van der Waals surface area contributed by atoms with Crippen LogP contribution in [0.25, 0.3) is 0 Å². The zero-order valence-corrected chi connectivity index (χ0v) is 19.4. The predicted octanol–water partition coefficient (Wildman–Crippen LogP) is 5.95. The first-order valence-corrected chi connectivity index (χ1v) is 13.0. The SMILES string of the molecule is C=C(C[C@@H](O)C[C@H](C)O[Si](C)(C)C(C)(C)C)[C@@H](C)COCc1ccccc1. The second-order valence-corrected chi connectivity index (χ2v) is 14.1. The molecule has 0 spiro atoms. The summed E-state index contributed by atoms with van der Waals surface area (Å²) in [4.78, 5) is 0. The molecule has 0 saturated heterocycles. The molecule has 3 nitrogen and oxygen atoms in total. The van der Waals surface area contributed by atoms with Crippen LogP contribution in [0.4, 0.5) is 0 Å². The van der Waals surface area contributed by atoms with Crippen molar-refractivity contribution in [2.75, 3.05) is 6.61 Å². The van der Waals surface area contributed by atoms with Gasteiger partial charge in [-0.3, -0.25) is 0 Å². The lowest BCUT2D eigenvalue weighted by molar-refractivity contribution is 0.0834. The van der Waals surface area contributed by atoms with Crippen molar-refractivity contribution < 1.29 is 14.3 Å². The van der Waals surface area contributed by atoms with Crippen LogP contribution in [0.1, 0.15) is 53.0 Å². The van der Waals surface area contributed by atoms with Crippen molar-refractivity contribution in [1.82, 2.24) is 0 Å². The fraction of sp³-hybridized carbons (Fsp3) is 0.652. The van der Waals surface area contributed by atoms with Crippen molar-refractivity contribution in [3.63, 3.8) is 0 Å². The zero-order valence-electron chi connectivity index (χ0n) is 18.4. The van der Waals surface area contributed by atoms with Gasteiger partial charge in [-0.25, -0.2) is 0 Å². The van der Waals surface area contributed by atoms with Crippen LogP contribution in [0, 0.1) is 5.92 Å². The summed E-state index contributed by atoms with van der Waals surface area (Å²) in [7, 11) is -1.80. The normalized spacial score (nSPS) is 16.0. The Morgan fingerprint density at radius 2 is 1.74 bits per heavy atom. The molecular formula is C23H40O3Si. The Kier molecular flexibility index (Phi) is 9.42. The van der Waals surface area contributed by atoms with Gasteiger partial charge in [0.1, 0.15) is 0 Å². The number of hydrogen-bond acceptors (Lipinski definition) is 3. The van der Waals surface area contributed by atoms with E-state index in [9.17, 15) is 5.11 Å². The first-order chi connectivity index (χ1) is 12.4. The van der Waals surface area contributed by atoms with Gasteiger partial charge in [0.15, 0.2) is 8.32 Å². The van der Waals surface area contributed by atoms with E-state index in [1.807, 2.05) is 18.2 Å². The fourth-order valence-corrected chi connectivity index (χ4v) is 4.20. The summed E-state index contributed by atoms with van der Waals surface area (Å²) < 4.78 is 12.2. The molecular weight excluding hydrogens is 352 g/mol. The van der Waals surface area contributed by atoms with E-state index in [1.54, 1.807) is 0 Å². The largest absolute Gasteiger partial charge is 0.414 e. The highest BCUT2D eigenvalue weighted by atomic mass is 28.4. The minimum absolute atomic E-state index is 0.0540. The molecule has 0 heterocycles. The molecule has 0 aliphatic heterocycles. The molecule has 0 fully saturated rings. The van der Waals surface area contributed by atoms with Gasteiger partial charge in [-0.05, 0) is 43.5 Å². The quantitative estimate of drug-likeness (QED) is 0.374. The summed E-state index contributed by atoms with van der Waals surface area (Å²) in [6.45, 7) is 20.8. The fourth-order valence-electron chi connectivity index (χ4n) is 2.74. The summed E-state index contributed by atoms with van der Waals surface area (Å²) in [5.74, 6) is 0.222. The van der Waals surface area contributed by atoms with E-state index in [1.165, 1.54) is 5.56 Å². The number of ether oxygens (including phenoxy) is 1. The smallest absolute Gasteiger partial charge is 0.192 e. The van der Waals surface area contributed by atoms with Gasteiger partial charge in [0, 0.05) is 12.0 Å². The maximum atomic E-state index is 10.5. The average Bonchev–Trinajstić information content (AvgIpc) is 2.53. The Bertz CT molecular complexity index is 563. The van der Waals surface area contributed by atoms with E-state index in [0.29, 0.717) is 26.1 Å². The van der Waals surface area contributed by atoms with Gasteiger partial charge in [0.25, 0.3) is 0 Å². The Balaban J connectivity index is 2.35. The van der Waals surface area contributed by atoms with E-state index in [0.717, 1.165) is 5.57 Å². The lowest BCUT2D eigenvalue weighted by Gasteiger charge is -2.39. The minimum atomic E-state index is -1.80. The monoisotopic (exact) mass is 392 g/mol. The van der Waals surface area contributed by atoms with Crippen LogP contribution in [0.15, 0.2) is 42.5 Å². The molecule has 154 valence electrons. The summed E-state index contributed by atoms with van der Waals surface area (Å²) in [5.41, 5.74) is 2.21. The molecule has 0 aromatic heterocycles. The van der Waals surface area contributed by atoms with Gasteiger partial charge in [0.2, 0.25) is 0 Å². The van der Waals surface area contributed by atoms with Crippen molar-refractivity contribution >= 4 is 8.32 Å². The summed E-state index contributed by atoms with van der Waals surface area (Å²) in [5, 5.41) is 10.7. The van der Waals surface area contributed by atoms with Crippen LogP contribution in [0.2, 0.25) is 18.1 Å². The maximum Gasteiger partial charge on any atom is 0.192 e. The van der Waals surface area contributed by atoms with Gasteiger partial charge in [0.05, 0.1) is 19.3 Å². The van der Waals surface area contributed by atoms with Crippen molar-refractivity contribution in [3.8, 4) is 0 Å². The number of aliphatic hydroxyl groups excluding tert-OH is 1. The molecule has 0 aliphatic rings. The van der Waals surface area contributed by atoms with Crippen LogP contribution in [-0.2, 0) is 15.8 Å². The lowest BCUT2D eigenvalue weighted by Crippen LogP contribution is -2.43. The Morgan fingerprint density at radius 1 is 1.15 bits per heavy atom. The van der Waals surface area contributed by atoms with Crippen molar-refractivity contribution in [3.05, 3.63) is 48.0 Å². The van der Waals surface area contributed by atoms with E-state index in [4.69, 9.17) is 9.16 Å². The molecule has 0 saturated carbocycles. The zero-order chi connectivity index (χ0) is 20.7. The molecule has 1 aromatic rings. The average molecular weight is 393 g/mol. The first-order valence-electron chi connectivity index (χ1n) is 10.1. The maximum absolute atomic E-state index is 10.5. The predicted molar refractivity (Wildman–Crippen MR) is 117 cm³/mol. The Labute approximate surface area is 167 Å². The highest BCUT2D eigenvalue weighted by molar-refractivity contribution is 6.74. The number of hydrogen-bond donors (Lipinski definition) is 1. The number of aliphatic hydroxyl groups is 1. The van der Waals surface area contributed by atoms with Gasteiger partial charge < -0.3 is 14.3 Å². The summed E-state index contributed by atoms with van der Waals surface area (Å²) in [6, 6.07) is 10.2. The molecule has 0 aliphatic carbocycles. The molecule has 27 heavy (non-hydrogen) atoms. The van der Waals surface area contributed by atoms with Crippen LogP contribution < -0.4 is 0 Å². The van der Waals surface area contributed by atoms with Crippen molar-refractivity contribution in [1.29, 1.82) is 0 Å². The third-order valence-electron chi connectivity index (χ3n) is 5.58. The molecule has 1 aromatic carbocycles. The Morgan fingerprint density at radius 3 is 2.30 bits per heavy atom. The summed E-state index contributed by atoms with van der Waals surface area (Å²) >= 11 is 0. The molecule has 0 radical (unpaired) electrons. The molecule has 0 bridgehead atoms. The first kappa shape index (κ1) is 24.1. The van der Waals surface area contributed by atoms with E-state index >= 15 is 0 Å². The number of rotatable bonds is 11. The van der Waals surface area contributed by atoms with Gasteiger partial charge in [-0.15, -0.1) is 0 Å². The minimum Gasteiger partial charge on any atom is -0.414 e. The third kappa shape index (κ3) is 8.73. The Hall–Kier alpha value is -0.943. The third-order valence-corrected chi connectivity index (χ3v) is 10.2. The molecule has 4 heteroatoms. The van der Waals surface area contributed by atoms with Crippen LogP contribution in [0.5, 0.6) is 0 Å². The highest BCUT2D eigenvalue weighted by Gasteiger charge is 2.38. The number of benzene rings is 1.